The summed E-state index contributed by atoms with van der Waals surface area (Å²) < 4.78 is 4.19. The summed E-state index contributed by atoms with van der Waals surface area (Å²) in [7, 11) is 0. The molecule has 0 aromatic carbocycles. The molecule has 0 fully saturated rings. The van der Waals surface area contributed by atoms with Crippen molar-refractivity contribution in [3.8, 4) is 0 Å². The van der Waals surface area contributed by atoms with Crippen molar-refractivity contribution in [3.05, 3.63) is 11.8 Å². The Morgan fingerprint density at radius 2 is 2.83 bits per heavy atom. The number of rotatable bonds is 0. The smallest absolute Gasteiger partial charge is 0.264 e. The molecule has 0 aliphatic heterocycles. The van der Waals surface area contributed by atoms with Crippen molar-refractivity contribution in [1.29, 1.82) is 5.41 Å². The van der Waals surface area contributed by atoms with Crippen molar-refractivity contribution in [2.24, 2.45) is 0 Å². The first-order valence-electron chi connectivity index (χ1n) is 1.44. The van der Waals surface area contributed by atoms with Crippen LogP contribution in [0.1, 0.15) is 0 Å². The minimum Gasteiger partial charge on any atom is -0.487 e. The van der Waals surface area contributed by atoms with Gasteiger partial charge in [0.25, 0.3) is 5.55 Å². The van der Waals surface area contributed by atoms with Crippen LogP contribution in [0.2, 0.25) is 0 Å². The molecule has 1 rings (SSSR count). The Morgan fingerprint density at radius 3 is 3.00 bits per heavy atom. The van der Waals surface area contributed by atoms with E-state index < -0.39 is 0 Å². The lowest BCUT2D eigenvalue weighted by atomic mass is 10.9. The molecule has 0 radical (unpaired) electrons. The quantitative estimate of drug-likeness (QED) is 0.418. The van der Waals surface area contributed by atoms with Crippen molar-refractivity contribution < 1.29 is 9.62 Å². The van der Waals surface area contributed by atoms with Crippen LogP contribution in [0.3, 0.4) is 0 Å². The van der Waals surface area contributed by atoms with Crippen molar-refractivity contribution in [1.82, 2.24) is 5.27 Å². The molecule has 0 amide bonds. The van der Waals surface area contributed by atoms with Gasteiger partial charge >= 0.3 is 0 Å². The molecule has 1 aromatic heterocycles. The van der Waals surface area contributed by atoms with Crippen molar-refractivity contribution in [3.63, 3.8) is 0 Å². The van der Waals surface area contributed by atoms with Gasteiger partial charge in [-0.2, -0.15) is 0 Å². The third kappa shape index (κ3) is 0.314. The lowest BCUT2D eigenvalue weighted by Gasteiger charge is -1.65. The highest BCUT2D eigenvalue weighted by molar-refractivity contribution is 4.37. The Bertz CT molecular complexity index is 147. The molecule has 0 unspecified atom stereocenters. The Kier molecular flexibility index (Phi) is 0.506. The Morgan fingerprint density at radius 1 is 2.00 bits per heavy atom. The second kappa shape index (κ2) is 0.965. The van der Waals surface area contributed by atoms with Crippen molar-refractivity contribution in [2.75, 3.05) is 0 Å². The molecular weight excluding hydrogens is 82.0 g/mol. The van der Waals surface area contributed by atoms with Crippen molar-refractivity contribution in [2.45, 2.75) is 0 Å². The van der Waals surface area contributed by atoms with Gasteiger partial charge in [-0.15, -0.1) is 0 Å². The fourth-order valence-corrected chi connectivity index (χ4v) is 0.187. The van der Waals surface area contributed by atoms with Crippen LogP contribution < -0.4 is 15.9 Å². The lowest BCUT2D eigenvalue weighted by molar-refractivity contribution is -0.479. The van der Waals surface area contributed by atoms with Gasteiger partial charge in [0.15, 0.2) is 0 Å². The SMILES string of the molecule is N=c1c[nH+][n-]o1. The number of hydrogen-bond acceptors (Lipinski definition) is 2. The Labute approximate surface area is 33.3 Å². The summed E-state index contributed by atoms with van der Waals surface area (Å²) in [5.74, 6) is 0. The highest BCUT2D eigenvalue weighted by atomic mass is 16.5. The lowest BCUT2D eigenvalue weighted by Crippen LogP contribution is -2.01. The average Bonchev–Trinajstić information content (AvgIpc) is 1.86. The van der Waals surface area contributed by atoms with Gasteiger partial charge in [0, 0.05) is 0 Å². The van der Waals surface area contributed by atoms with Crippen LogP contribution in [0.4, 0.5) is 0 Å². The minimum atomic E-state index is 0.0509. The summed E-state index contributed by atoms with van der Waals surface area (Å²) in [4.78, 5) is 0. The number of hydrogen-bond donors (Lipinski definition) is 1. The van der Waals surface area contributed by atoms with E-state index in [0.29, 0.717) is 0 Å². The monoisotopic (exact) mass is 85.0 g/mol. The standard InChI is InChI=1S/C2H3N3O/c3-2-1-4-5-6-2/h1,3-4H. The molecule has 0 saturated carbocycles. The van der Waals surface area contributed by atoms with Gasteiger partial charge in [0.05, 0.1) is 0 Å². The highest BCUT2D eigenvalue weighted by Crippen LogP contribution is 1.39. The van der Waals surface area contributed by atoms with E-state index in [0.717, 1.165) is 0 Å². The first-order chi connectivity index (χ1) is 2.89. The average molecular weight is 85.1 g/mol. The minimum absolute atomic E-state index is 0.0509. The Balaban J connectivity index is 3.41. The molecule has 4 heteroatoms. The van der Waals surface area contributed by atoms with E-state index in [1.54, 1.807) is 0 Å². The predicted molar refractivity (Wildman–Crippen MR) is 14.4 cm³/mol. The number of H-pyrrole nitrogens is 1. The maximum Gasteiger partial charge on any atom is 0.264 e. The number of nitrogens with zero attached hydrogens (tertiary/aromatic N) is 1. The van der Waals surface area contributed by atoms with E-state index in [1.807, 2.05) is 0 Å². The predicted octanol–water partition coefficient (Wildman–Crippen LogP) is -1.47. The second-order valence-corrected chi connectivity index (χ2v) is 0.820. The number of aromatic amines is 1. The van der Waals surface area contributed by atoms with Crippen LogP contribution in [-0.4, -0.2) is 0 Å². The largest absolute Gasteiger partial charge is 0.487 e. The fraction of sp³-hybridized carbons (Fsp3) is 0. The maximum absolute atomic E-state index is 6.61. The van der Waals surface area contributed by atoms with Crippen molar-refractivity contribution >= 4 is 0 Å². The van der Waals surface area contributed by atoms with Gasteiger partial charge in [0.1, 0.15) is 0 Å². The van der Waals surface area contributed by atoms with Crippen LogP contribution in [-0.2, 0) is 0 Å². The van der Waals surface area contributed by atoms with E-state index in [4.69, 9.17) is 5.41 Å². The fourth-order valence-electron chi connectivity index (χ4n) is 0.187. The molecule has 0 atom stereocenters. The van der Waals surface area contributed by atoms with Gasteiger partial charge in [-0.3, -0.25) is 15.8 Å². The zero-order chi connectivity index (χ0) is 4.41. The van der Waals surface area contributed by atoms with Crippen LogP contribution in [0.25, 0.3) is 0 Å². The van der Waals surface area contributed by atoms with E-state index in [1.165, 1.54) is 6.20 Å². The summed E-state index contributed by atoms with van der Waals surface area (Å²) in [6, 6.07) is 0. The summed E-state index contributed by atoms with van der Waals surface area (Å²) in [5, 5.41) is 12.1. The highest BCUT2D eigenvalue weighted by Gasteiger charge is 1.69. The van der Waals surface area contributed by atoms with E-state index in [2.05, 4.69) is 14.9 Å². The number of aromatic nitrogens is 2. The third-order valence-electron chi connectivity index (χ3n) is 0.392. The molecule has 6 heavy (non-hydrogen) atoms. The van der Waals surface area contributed by atoms with Gasteiger partial charge < -0.3 is 4.52 Å². The molecule has 0 aliphatic rings. The Hall–Kier alpha value is -1.06. The normalized spacial score (nSPS) is 8.67. The van der Waals surface area contributed by atoms with Crippen LogP contribution in [0.5, 0.6) is 0 Å². The first kappa shape index (κ1) is 3.14. The molecule has 1 aromatic rings. The zero-order valence-electron chi connectivity index (χ0n) is 2.93. The molecule has 1 heterocycles. The topological polar surface area (TPSA) is 65.2 Å². The molecular formula is C2H3N3O. The van der Waals surface area contributed by atoms with Gasteiger partial charge in [-0.1, -0.05) is 0 Å². The first-order valence-corrected chi connectivity index (χ1v) is 1.44. The molecule has 32 valence electrons. The van der Waals surface area contributed by atoms with E-state index in [9.17, 15) is 0 Å². The molecule has 0 aliphatic carbocycles. The third-order valence-corrected chi connectivity index (χ3v) is 0.392. The van der Waals surface area contributed by atoms with Gasteiger partial charge in [-0.25, -0.2) is 0 Å². The molecule has 0 spiro atoms. The summed E-state index contributed by atoms with van der Waals surface area (Å²) in [6.07, 6.45) is 1.35. The van der Waals surface area contributed by atoms with Crippen LogP contribution in [0, 0.1) is 5.41 Å². The summed E-state index contributed by atoms with van der Waals surface area (Å²) in [5.41, 5.74) is 0.0509. The maximum atomic E-state index is 6.61. The van der Waals surface area contributed by atoms with E-state index in [-0.39, 0.29) is 5.55 Å². The molecule has 0 saturated heterocycles. The van der Waals surface area contributed by atoms with Crippen LogP contribution >= 0.6 is 0 Å². The van der Waals surface area contributed by atoms with E-state index >= 15 is 0 Å². The van der Waals surface area contributed by atoms with Gasteiger partial charge in [0.2, 0.25) is 6.20 Å². The summed E-state index contributed by atoms with van der Waals surface area (Å²) >= 11 is 0. The molecule has 0 bridgehead atoms. The van der Waals surface area contributed by atoms with Crippen LogP contribution in [0.15, 0.2) is 10.7 Å². The second-order valence-electron chi connectivity index (χ2n) is 0.820. The van der Waals surface area contributed by atoms with Gasteiger partial charge in [-0.05, 0) is 0 Å². The molecule has 2 N–H and O–H groups in total. The molecule has 4 nitrogen and oxygen atoms in total. The zero-order valence-corrected chi connectivity index (χ0v) is 2.93. The number of nitrogens with one attached hydrogen (secondary N) is 2. The summed E-state index contributed by atoms with van der Waals surface area (Å²) in [6.45, 7) is 0.